The minimum atomic E-state index is -0.923. The van der Waals surface area contributed by atoms with Crippen LogP contribution in [0.1, 0.15) is 21.5 Å². The number of nitrogens with one attached hydrogen (secondary N) is 1. The van der Waals surface area contributed by atoms with Crippen LogP contribution in [0.5, 0.6) is 0 Å². The highest BCUT2D eigenvalue weighted by Crippen LogP contribution is 2.19. The van der Waals surface area contributed by atoms with Crippen molar-refractivity contribution in [1.82, 2.24) is 0 Å². The molecule has 0 atom stereocenters. The number of aryl methyl sites for hydroxylation is 1. The van der Waals surface area contributed by atoms with E-state index < -0.39 is 5.97 Å². The lowest BCUT2D eigenvalue weighted by Crippen LogP contribution is -2.06. The second-order valence-corrected chi connectivity index (χ2v) is 5.62. The average molecular weight is 334 g/mol. The Bertz CT molecular complexity index is 626. The number of carboxylic acid groups (broad SMARTS) is 1. The lowest BCUT2D eigenvalue weighted by molar-refractivity contribution is 0.0697. The molecular weight excluding hydrogens is 318 g/mol. The van der Waals surface area contributed by atoms with Gasteiger partial charge in [-0.1, -0.05) is 45.8 Å². The van der Waals surface area contributed by atoms with Crippen LogP contribution in [0.2, 0.25) is 0 Å². The van der Waals surface area contributed by atoms with Crippen molar-refractivity contribution in [2.24, 2.45) is 0 Å². The molecular formula is C16H16BrNO2. The average Bonchev–Trinajstić information content (AvgIpc) is 2.38. The Morgan fingerprint density at radius 3 is 2.75 bits per heavy atom. The van der Waals surface area contributed by atoms with Crippen LogP contribution >= 0.6 is 15.9 Å². The van der Waals surface area contributed by atoms with E-state index in [9.17, 15) is 4.79 Å². The lowest BCUT2D eigenvalue weighted by Gasteiger charge is -2.08. The topological polar surface area (TPSA) is 49.3 Å². The number of benzene rings is 2. The normalized spacial score (nSPS) is 10.3. The molecule has 0 amide bonds. The smallest absolute Gasteiger partial charge is 0.335 e. The maximum absolute atomic E-state index is 11.0. The maximum atomic E-state index is 11.0. The summed E-state index contributed by atoms with van der Waals surface area (Å²) in [5.41, 5.74) is 3.60. The van der Waals surface area contributed by atoms with E-state index in [-0.39, 0.29) is 5.56 Å². The summed E-state index contributed by atoms with van der Waals surface area (Å²) >= 11 is 3.32. The van der Waals surface area contributed by atoms with Crippen LogP contribution in [0.25, 0.3) is 0 Å². The minimum Gasteiger partial charge on any atom is -0.478 e. The molecule has 0 spiro atoms. The molecule has 104 valence electrons. The van der Waals surface area contributed by atoms with E-state index in [1.165, 1.54) is 11.1 Å². The van der Waals surface area contributed by atoms with Crippen LogP contribution in [0.3, 0.4) is 0 Å². The van der Waals surface area contributed by atoms with Crippen LogP contribution < -0.4 is 5.32 Å². The van der Waals surface area contributed by atoms with E-state index in [0.717, 1.165) is 23.1 Å². The minimum absolute atomic E-state index is 0.275. The van der Waals surface area contributed by atoms with Crippen molar-refractivity contribution in [1.29, 1.82) is 0 Å². The molecule has 2 aromatic carbocycles. The van der Waals surface area contributed by atoms with Crippen molar-refractivity contribution >= 4 is 27.6 Å². The van der Waals surface area contributed by atoms with E-state index >= 15 is 0 Å². The molecule has 0 saturated heterocycles. The number of halogens is 1. The molecule has 20 heavy (non-hydrogen) atoms. The van der Waals surface area contributed by atoms with E-state index in [1.807, 2.05) is 12.1 Å². The third-order valence-corrected chi connectivity index (χ3v) is 3.43. The van der Waals surface area contributed by atoms with Crippen molar-refractivity contribution in [2.45, 2.75) is 13.3 Å². The fourth-order valence-electron chi connectivity index (χ4n) is 2.03. The summed E-state index contributed by atoms with van der Waals surface area (Å²) < 4.78 is 0.760. The third-order valence-electron chi connectivity index (χ3n) is 2.97. The predicted molar refractivity (Wildman–Crippen MR) is 84.5 cm³/mol. The van der Waals surface area contributed by atoms with Crippen LogP contribution in [0.15, 0.2) is 46.9 Å². The number of anilines is 1. The molecule has 0 aliphatic carbocycles. The Morgan fingerprint density at radius 1 is 1.25 bits per heavy atom. The molecule has 2 N–H and O–H groups in total. The SMILES string of the molecule is Cc1cccc(CCNc2cc(Br)cc(C(=O)O)c2)c1. The molecule has 0 bridgehead atoms. The van der Waals surface area contributed by atoms with Gasteiger partial charge in [0.2, 0.25) is 0 Å². The Hall–Kier alpha value is -1.81. The molecule has 0 radical (unpaired) electrons. The first-order valence-corrected chi connectivity index (χ1v) is 7.17. The fourth-order valence-corrected chi connectivity index (χ4v) is 2.53. The van der Waals surface area contributed by atoms with Gasteiger partial charge in [-0.15, -0.1) is 0 Å². The number of hydrogen-bond donors (Lipinski definition) is 2. The van der Waals surface area contributed by atoms with Gasteiger partial charge in [0.1, 0.15) is 0 Å². The van der Waals surface area contributed by atoms with Crippen molar-refractivity contribution in [3.05, 3.63) is 63.6 Å². The van der Waals surface area contributed by atoms with Crippen molar-refractivity contribution in [3.8, 4) is 0 Å². The molecule has 0 saturated carbocycles. The van der Waals surface area contributed by atoms with E-state index in [4.69, 9.17) is 5.11 Å². The highest BCUT2D eigenvalue weighted by atomic mass is 79.9. The van der Waals surface area contributed by atoms with E-state index in [0.29, 0.717) is 0 Å². The maximum Gasteiger partial charge on any atom is 0.335 e. The van der Waals surface area contributed by atoms with Gasteiger partial charge in [-0.05, 0) is 37.1 Å². The summed E-state index contributed by atoms with van der Waals surface area (Å²) in [7, 11) is 0. The van der Waals surface area contributed by atoms with Gasteiger partial charge in [-0.3, -0.25) is 0 Å². The van der Waals surface area contributed by atoms with Gasteiger partial charge in [-0.25, -0.2) is 4.79 Å². The molecule has 0 fully saturated rings. The van der Waals surface area contributed by atoms with Crippen LogP contribution in [0, 0.1) is 6.92 Å². The largest absolute Gasteiger partial charge is 0.478 e. The summed E-state index contributed by atoms with van der Waals surface area (Å²) in [5.74, 6) is -0.923. The highest BCUT2D eigenvalue weighted by molar-refractivity contribution is 9.10. The van der Waals surface area contributed by atoms with Gasteiger partial charge >= 0.3 is 5.97 Å². The molecule has 0 heterocycles. The Labute approximate surface area is 126 Å². The Kier molecular flexibility index (Phi) is 4.79. The molecule has 2 rings (SSSR count). The van der Waals surface area contributed by atoms with Gasteiger partial charge in [-0.2, -0.15) is 0 Å². The molecule has 0 aromatic heterocycles. The first-order chi connectivity index (χ1) is 9.54. The van der Waals surface area contributed by atoms with E-state index in [1.54, 1.807) is 12.1 Å². The Balaban J connectivity index is 1.99. The van der Waals surface area contributed by atoms with Gasteiger partial charge in [0.15, 0.2) is 0 Å². The zero-order chi connectivity index (χ0) is 14.5. The van der Waals surface area contributed by atoms with Crippen LogP contribution in [-0.2, 0) is 6.42 Å². The molecule has 3 nitrogen and oxygen atoms in total. The Morgan fingerprint density at radius 2 is 2.05 bits per heavy atom. The number of carboxylic acids is 1. The number of hydrogen-bond acceptors (Lipinski definition) is 2. The van der Waals surface area contributed by atoms with Crippen molar-refractivity contribution < 1.29 is 9.90 Å². The fraction of sp³-hybridized carbons (Fsp3) is 0.188. The molecule has 0 aliphatic heterocycles. The number of aromatic carboxylic acids is 1. The highest BCUT2D eigenvalue weighted by Gasteiger charge is 2.05. The summed E-state index contributed by atoms with van der Waals surface area (Å²) in [4.78, 5) is 11.0. The van der Waals surface area contributed by atoms with Crippen molar-refractivity contribution in [2.75, 3.05) is 11.9 Å². The molecule has 4 heteroatoms. The number of carbonyl (C=O) groups is 1. The van der Waals surface area contributed by atoms with Gasteiger partial charge in [0.25, 0.3) is 0 Å². The van der Waals surface area contributed by atoms with Crippen molar-refractivity contribution in [3.63, 3.8) is 0 Å². The zero-order valence-corrected chi connectivity index (χ0v) is 12.8. The molecule has 0 aliphatic rings. The van der Waals surface area contributed by atoms with Crippen LogP contribution in [-0.4, -0.2) is 17.6 Å². The summed E-state index contributed by atoms with van der Waals surface area (Å²) in [5, 5.41) is 12.3. The summed E-state index contributed by atoms with van der Waals surface area (Å²) in [6.07, 6.45) is 0.899. The quantitative estimate of drug-likeness (QED) is 0.865. The van der Waals surface area contributed by atoms with E-state index in [2.05, 4.69) is 46.4 Å². The van der Waals surface area contributed by atoms with Gasteiger partial charge in [0, 0.05) is 16.7 Å². The van der Waals surface area contributed by atoms with Crippen LogP contribution in [0.4, 0.5) is 5.69 Å². The third kappa shape index (κ3) is 4.10. The van der Waals surface area contributed by atoms with Gasteiger partial charge in [0.05, 0.1) is 5.56 Å². The first kappa shape index (κ1) is 14.6. The zero-order valence-electron chi connectivity index (χ0n) is 11.2. The summed E-state index contributed by atoms with van der Waals surface area (Å²) in [6, 6.07) is 13.5. The predicted octanol–water partition coefficient (Wildman–Crippen LogP) is 4.11. The molecule has 0 unspecified atom stereocenters. The second-order valence-electron chi connectivity index (χ2n) is 4.70. The van der Waals surface area contributed by atoms with Gasteiger partial charge < -0.3 is 10.4 Å². The first-order valence-electron chi connectivity index (χ1n) is 6.38. The lowest BCUT2D eigenvalue weighted by atomic mass is 10.1. The number of rotatable bonds is 5. The second kappa shape index (κ2) is 6.57. The molecule has 2 aromatic rings. The monoisotopic (exact) mass is 333 g/mol. The summed E-state index contributed by atoms with van der Waals surface area (Å²) in [6.45, 7) is 2.84. The standard InChI is InChI=1S/C16H16BrNO2/c1-11-3-2-4-12(7-11)5-6-18-15-9-13(16(19)20)8-14(17)10-15/h2-4,7-10,18H,5-6H2,1H3,(H,19,20).